The summed E-state index contributed by atoms with van der Waals surface area (Å²) in [5.41, 5.74) is 0.771. The number of rotatable bonds is 4. The SMILES string of the molecule is COc1ccc2oc(C(=O)NCc3cccc(C(F)(F)F)c3)c(C)c2c1. The second kappa shape index (κ2) is 6.74. The van der Waals surface area contributed by atoms with Crippen molar-refractivity contribution in [2.75, 3.05) is 7.11 Å². The molecule has 1 heterocycles. The first kappa shape index (κ1) is 17.8. The normalized spacial score (nSPS) is 11.6. The number of fused-ring (bicyclic) bond motifs is 1. The molecule has 0 aliphatic heterocycles. The fourth-order valence-electron chi connectivity index (χ4n) is 2.66. The third kappa shape index (κ3) is 3.51. The molecule has 2 aromatic carbocycles. The van der Waals surface area contributed by atoms with E-state index in [0.29, 0.717) is 22.5 Å². The quantitative estimate of drug-likeness (QED) is 0.731. The van der Waals surface area contributed by atoms with Gasteiger partial charge in [-0.15, -0.1) is 0 Å². The van der Waals surface area contributed by atoms with Crippen LogP contribution in [0.15, 0.2) is 46.9 Å². The zero-order valence-electron chi connectivity index (χ0n) is 14.1. The van der Waals surface area contributed by atoms with Gasteiger partial charge in [0.15, 0.2) is 5.76 Å². The predicted octanol–water partition coefficient (Wildman–Crippen LogP) is 4.70. The summed E-state index contributed by atoms with van der Waals surface area (Å²) in [4.78, 5) is 12.4. The van der Waals surface area contributed by atoms with Gasteiger partial charge in [-0.2, -0.15) is 13.2 Å². The molecule has 4 nitrogen and oxygen atoms in total. The van der Waals surface area contributed by atoms with Gasteiger partial charge in [0.2, 0.25) is 0 Å². The summed E-state index contributed by atoms with van der Waals surface area (Å²) in [6.45, 7) is 1.70. The topological polar surface area (TPSA) is 51.5 Å². The molecular formula is C19H16F3NO3. The summed E-state index contributed by atoms with van der Waals surface area (Å²) in [6, 6.07) is 10.0. The lowest BCUT2D eigenvalue weighted by Crippen LogP contribution is -2.23. The van der Waals surface area contributed by atoms with E-state index < -0.39 is 17.6 Å². The molecule has 0 saturated carbocycles. The second-order valence-electron chi connectivity index (χ2n) is 5.80. The number of hydrogen-bond acceptors (Lipinski definition) is 3. The summed E-state index contributed by atoms with van der Waals surface area (Å²) in [7, 11) is 1.54. The highest BCUT2D eigenvalue weighted by molar-refractivity contribution is 5.99. The molecule has 0 aliphatic rings. The van der Waals surface area contributed by atoms with Crippen LogP contribution < -0.4 is 10.1 Å². The molecule has 3 rings (SSSR count). The minimum absolute atomic E-state index is 0.0391. The van der Waals surface area contributed by atoms with Crippen LogP contribution in [0, 0.1) is 6.92 Å². The molecular weight excluding hydrogens is 347 g/mol. The Kier molecular flexibility index (Phi) is 4.63. The Hall–Kier alpha value is -2.96. The smallest absolute Gasteiger partial charge is 0.416 e. The zero-order valence-corrected chi connectivity index (χ0v) is 14.1. The number of furan rings is 1. The van der Waals surface area contributed by atoms with Gasteiger partial charge in [-0.1, -0.05) is 12.1 Å². The van der Waals surface area contributed by atoms with Crippen LogP contribution in [0.3, 0.4) is 0 Å². The van der Waals surface area contributed by atoms with Crippen molar-refractivity contribution in [3.05, 3.63) is 64.9 Å². The lowest BCUT2D eigenvalue weighted by molar-refractivity contribution is -0.137. The number of ether oxygens (including phenoxy) is 1. The third-order valence-electron chi connectivity index (χ3n) is 4.06. The second-order valence-corrected chi connectivity index (χ2v) is 5.80. The van der Waals surface area contributed by atoms with E-state index in [1.54, 1.807) is 32.2 Å². The Balaban J connectivity index is 1.79. The van der Waals surface area contributed by atoms with E-state index in [9.17, 15) is 18.0 Å². The molecule has 0 radical (unpaired) electrons. The summed E-state index contributed by atoms with van der Waals surface area (Å²) in [6.07, 6.45) is -4.42. The zero-order chi connectivity index (χ0) is 18.9. The maximum atomic E-state index is 12.8. The van der Waals surface area contributed by atoms with Crippen molar-refractivity contribution in [2.24, 2.45) is 0 Å². The van der Waals surface area contributed by atoms with Gasteiger partial charge < -0.3 is 14.5 Å². The van der Waals surface area contributed by atoms with Crippen LogP contribution in [-0.2, 0) is 12.7 Å². The molecule has 1 N–H and O–H groups in total. The predicted molar refractivity (Wildman–Crippen MR) is 90.1 cm³/mol. The van der Waals surface area contributed by atoms with E-state index in [2.05, 4.69) is 5.32 Å². The lowest BCUT2D eigenvalue weighted by atomic mass is 10.1. The number of methoxy groups -OCH3 is 1. The molecule has 0 unspecified atom stereocenters. The molecule has 3 aromatic rings. The Bertz CT molecular complexity index is 960. The van der Waals surface area contributed by atoms with Gasteiger partial charge in [0.25, 0.3) is 5.91 Å². The molecule has 0 bridgehead atoms. The van der Waals surface area contributed by atoms with Crippen LogP contribution in [0.1, 0.15) is 27.2 Å². The molecule has 7 heteroatoms. The number of alkyl halides is 3. The monoisotopic (exact) mass is 363 g/mol. The number of benzene rings is 2. The van der Waals surface area contributed by atoms with E-state index >= 15 is 0 Å². The van der Waals surface area contributed by atoms with Crippen LogP contribution >= 0.6 is 0 Å². The van der Waals surface area contributed by atoms with Crippen molar-refractivity contribution in [1.29, 1.82) is 0 Å². The van der Waals surface area contributed by atoms with Crippen molar-refractivity contribution < 1.29 is 27.1 Å². The fraction of sp³-hybridized carbons (Fsp3) is 0.211. The molecule has 1 aromatic heterocycles. The van der Waals surface area contributed by atoms with E-state index in [1.165, 1.54) is 12.1 Å². The Labute approximate surface area is 147 Å². The highest BCUT2D eigenvalue weighted by atomic mass is 19.4. The minimum atomic E-state index is -4.42. The van der Waals surface area contributed by atoms with Crippen molar-refractivity contribution >= 4 is 16.9 Å². The van der Waals surface area contributed by atoms with Gasteiger partial charge in [-0.25, -0.2) is 0 Å². The number of carbonyl (C=O) groups is 1. The Morgan fingerprint density at radius 3 is 2.65 bits per heavy atom. The van der Waals surface area contributed by atoms with Crippen LogP contribution in [0.4, 0.5) is 13.2 Å². The molecule has 0 aliphatic carbocycles. The maximum Gasteiger partial charge on any atom is 0.416 e. The van der Waals surface area contributed by atoms with Crippen molar-refractivity contribution in [3.8, 4) is 5.75 Å². The third-order valence-corrected chi connectivity index (χ3v) is 4.06. The summed E-state index contributed by atoms with van der Waals surface area (Å²) in [5, 5.41) is 3.34. The molecule has 0 spiro atoms. The van der Waals surface area contributed by atoms with E-state index in [1.807, 2.05) is 0 Å². The highest BCUT2D eigenvalue weighted by Gasteiger charge is 2.30. The number of amides is 1. The van der Waals surface area contributed by atoms with E-state index in [4.69, 9.17) is 9.15 Å². The summed E-state index contributed by atoms with van der Waals surface area (Å²) >= 11 is 0. The largest absolute Gasteiger partial charge is 0.497 e. The Morgan fingerprint density at radius 2 is 1.96 bits per heavy atom. The summed E-state index contributed by atoms with van der Waals surface area (Å²) in [5.74, 6) is 0.271. The van der Waals surface area contributed by atoms with Crippen molar-refractivity contribution in [2.45, 2.75) is 19.6 Å². The minimum Gasteiger partial charge on any atom is -0.497 e. The van der Waals surface area contributed by atoms with Gasteiger partial charge >= 0.3 is 6.18 Å². The maximum absolute atomic E-state index is 12.8. The van der Waals surface area contributed by atoms with Gasteiger partial charge in [0, 0.05) is 17.5 Å². The number of aryl methyl sites for hydroxylation is 1. The molecule has 0 saturated heterocycles. The fourth-order valence-corrected chi connectivity index (χ4v) is 2.66. The van der Waals surface area contributed by atoms with E-state index in [0.717, 1.165) is 17.5 Å². The molecule has 1 amide bonds. The molecule has 136 valence electrons. The lowest BCUT2D eigenvalue weighted by Gasteiger charge is -2.09. The molecule has 0 fully saturated rings. The number of carbonyl (C=O) groups excluding carboxylic acids is 1. The van der Waals surface area contributed by atoms with Gasteiger partial charge in [-0.3, -0.25) is 4.79 Å². The van der Waals surface area contributed by atoms with Crippen LogP contribution in [-0.4, -0.2) is 13.0 Å². The van der Waals surface area contributed by atoms with Gasteiger partial charge in [0.1, 0.15) is 11.3 Å². The number of hydrogen-bond donors (Lipinski definition) is 1. The van der Waals surface area contributed by atoms with Crippen LogP contribution in [0.2, 0.25) is 0 Å². The first-order valence-corrected chi connectivity index (χ1v) is 7.81. The molecule has 26 heavy (non-hydrogen) atoms. The first-order valence-electron chi connectivity index (χ1n) is 7.81. The van der Waals surface area contributed by atoms with Gasteiger partial charge in [0.05, 0.1) is 12.7 Å². The van der Waals surface area contributed by atoms with Crippen LogP contribution in [0.25, 0.3) is 11.0 Å². The number of nitrogens with one attached hydrogen (secondary N) is 1. The highest BCUT2D eigenvalue weighted by Crippen LogP contribution is 2.30. The van der Waals surface area contributed by atoms with Crippen LogP contribution in [0.5, 0.6) is 5.75 Å². The Morgan fingerprint density at radius 1 is 1.19 bits per heavy atom. The van der Waals surface area contributed by atoms with Gasteiger partial charge in [-0.05, 0) is 42.8 Å². The average Bonchev–Trinajstić information content (AvgIpc) is 2.95. The summed E-state index contributed by atoms with van der Waals surface area (Å²) < 4.78 is 49.0. The van der Waals surface area contributed by atoms with Crippen molar-refractivity contribution in [1.82, 2.24) is 5.32 Å². The van der Waals surface area contributed by atoms with E-state index in [-0.39, 0.29) is 12.3 Å². The standard InChI is InChI=1S/C19H16F3NO3/c1-11-15-9-14(25-2)6-7-16(15)26-17(11)18(24)23-10-12-4-3-5-13(8-12)19(20,21)22/h3-9H,10H2,1-2H3,(H,23,24). The van der Waals surface area contributed by atoms with Crippen molar-refractivity contribution in [3.63, 3.8) is 0 Å². The first-order chi connectivity index (χ1) is 12.3. The average molecular weight is 363 g/mol. The number of halogens is 3. The molecule has 0 atom stereocenters.